The zero-order valence-corrected chi connectivity index (χ0v) is 18.0. The standard InChI is InChI=1S/C21H26N4O2.2ClH/c1-15-13-23-11-9-18(15)24-21(27)19(12-16-6-5-10-22-14-16)25-20(26)17-7-3-2-4-8-17;;/h2-8,10,14-15,18-19,23H,9,11-13H2,1H3,(H,24,27)(H,25,26);2*1H. The number of aromatic nitrogens is 1. The molecule has 29 heavy (non-hydrogen) atoms. The third kappa shape index (κ3) is 7.31. The summed E-state index contributed by atoms with van der Waals surface area (Å²) in [5.74, 6) is -0.0496. The minimum Gasteiger partial charge on any atom is -0.351 e. The Bertz CT molecular complexity index is 762. The van der Waals surface area contributed by atoms with Crippen LogP contribution in [-0.4, -0.2) is 42.0 Å². The van der Waals surface area contributed by atoms with Gasteiger partial charge in [-0.2, -0.15) is 0 Å². The van der Waals surface area contributed by atoms with E-state index in [-0.39, 0.29) is 42.7 Å². The number of amides is 2. The van der Waals surface area contributed by atoms with Crippen LogP contribution in [0.5, 0.6) is 0 Å². The van der Waals surface area contributed by atoms with Crippen molar-refractivity contribution in [1.82, 2.24) is 20.9 Å². The Morgan fingerprint density at radius 3 is 2.59 bits per heavy atom. The molecule has 1 aromatic carbocycles. The van der Waals surface area contributed by atoms with E-state index >= 15 is 0 Å². The summed E-state index contributed by atoms with van der Waals surface area (Å²) in [5, 5.41) is 9.35. The van der Waals surface area contributed by atoms with Crippen LogP contribution >= 0.6 is 24.8 Å². The third-order valence-corrected chi connectivity index (χ3v) is 4.93. The van der Waals surface area contributed by atoms with Gasteiger partial charge in [0, 0.05) is 30.4 Å². The first-order chi connectivity index (χ1) is 13.1. The van der Waals surface area contributed by atoms with Crippen LogP contribution in [0.25, 0.3) is 0 Å². The number of piperidine rings is 1. The van der Waals surface area contributed by atoms with Crippen LogP contribution in [0, 0.1) is 5.92 Å². The monoisotopic (exact) mass is 438 g/mol. The molecule has 2 heterocycles. The van der Waals surface area contributed by atoms with Gasteiger partial charge in [0.05, 0.1) is 0 Å². The molecular formula is C21H28Cl2N4O2. The first-order valence-corrected chi connectivity index (χ1v) is 9.39. The Labute approximate surface area is 184 Å². The Kier molecular flexibility index (Phi) is 10.7. The van der Waals surface area contributed by atoms with Gasteiger partial charge in [-0.05, 0) is 49.2 Å². The van der Waals surface area contributed by atoms with Crippen LogP contribution in [0.15, 0.2) is 54.9 Å². The lowest BCUT2D eigenvalue weighted by Crippen LogP contribution is -2.55. The van der Waals surface area contributed by atoms with Crippen molar-refractivity contribution in [3.63, 3.8) is 0 Å². The number of nitrogens with one attached hydrogen (secondary N) is 3. The highest BCUT2D eigenvalue weighted by Crippen LogP contribution is 2.12. The van der Waals surface area contributed by atoms with Gasteiger partial charge in [0.15, 0.2) is 0 Å². The Morgan fingerprint density at radius 2 is 1.93 bits per heavy atom. The molecule has 3 rings (SSSR count). The second-order valence-corrected chi connectivity index (χ2v) is 7.04. The SMILES string of the molecule is CC1CNCCC1NC(=O)C(Cc1cccnc1)NC(=O)c1ccccc1.Cl.Cl. The van der Waals surface area contributed by atoms with E-state index in [1.54, 1.807) is 24.5 Å². The highest BCUT2D eigenvalue weighted by molar-refractivity contribution is 5.97. The molecule has 1 aliphatic rings. The maximum absolute atomic E-state index is 13.0. The van der Waals surface area contributed by atoms with Crippen molar-refractivity contribution in [2.24, 2.45) is 5.92 Å². The molecule has 2 amide bonds. The third-order valence-electron chi connectivity index (χ3n) is 4.93. The lowest BCUT2D eigenvalue weighted by atomic mass is 9.94. The van der Waals surface area contributed by atoms with Crippen LogP contribution in [0.3, 0.4) is 0 Å². The second kappa shape index (κ2) is 12.4. The molecule has 1 aliphatic heterocycles. The normalized spacial score (nSPS) is 19.1. The number of hydrogen-bond donors (Lipinski definition) is 3. The smallest absolute Gasteiger partial charge is 0.251 e. The highest BCUT2D eigenvalue weighted by Gasteiger charge is 2.27. The fourth-order valence-corrected chi connectivity index (χ4v) is 3.31. The van der Waals surface area contributed by atoms with Crippen molar-refractivity contribution < 1.29 is 9.59 Å². The van der Waals surface area contributed by atoms with E-state index in [2.05, 4.69) is 27.9 Å². The van der Waals surface area contributed by atoms with Gasteiger partial charge >= 0.3 is 0 Å². The first kappa shape index (κ1) is 24.9. The molecular weight excluding hydrogens is 411 g/mol. The fraction of sp³-hybridized carbons (Fsp3) is 0.381. The summed E-state index contributed by atoms with van der Waals surface area (Å²) in [6.07, 6.45) is 4.71. The minimum atomic E-state index is -0.649. The van der Waals surface area contributed by atoms with Gasteiger partial charge in [0.2, 0.25) is 5.91 Å². The molecule has 1 fully saturated rings. The van der Waals surface area contributed by atoms with Gasteiger partial charge in [-0.1, -0.05) is 31.2 Å². The highest BCUT2D eigenvalue weighted by atomic mass is 35.5. The number of carbonyl (C=O) groups excluding carboxylic acids is 2. The van der Waals surface area contributed by atoms with Crippen molar-refractivity contribution in [2.45, 2.75) is 31.8 Å². The molecule has 2 aromatic rings. The summed E-state index contributed by atoms with van der Waals surface area (Å²) < 4.78 is 0. The van der Waals surface area contributed by atoms with E-state index in [9.17, 15) is 9.59 Å². The summed E-state index contributed by atoms with van der Waals surface area (Å²) in [6.45, 7) is 3.89. The largest absolute Gasteiger partial charge is 0.351 e. The van der Waals surface area contributed by atoms with Gasteiger partial charge in [0.25, 0.3) is 5.91 Å². The van der Waals surface area contributed by atoms with Crippen LogP contribution < -0.4 is 16.0 Å². The maximum atomic E-state index is 13.0. The molecule has 3 atom stereocenters. The van der Waals surface area contributed by atoms with Gasteiger partial charge in [-0.15, -0.1) is 24.8 Å². The van der Waals surface area contributed by atoms with Crippen LogP contribution in [0.1, 0.15) is 29.3 Å². The molecule has 1 aromatic heterocycles. The minimum absolute atomic E-state index is 0. The molecule has 0 bridgehead atoms. The van der Waals surface area contributed by atoms with Crippen LogP contribution in [0.4, 0.5) is 0 Å². The molecule has 3 N–H and O–H groups in total. The molecule has 1 saturated heterocycles. The summed E-state index contributed by atoms with van der Waals surface area (Å²) in [6, 6.07) is 12.2. The lowest BCUT2D eigenvalue weighted by molar-refractivity contribution is -0.124. The van der Waals surface area contributed by atoms with E-state index in [1.807, 2.05) is 30.3 Å². The van der Waals surface area contributed by atoms with Crippen molar-refractivity contribution in [3.8, 4) is 0 Å². The number of rotatable bonds is 6. The number of benzene rings is 1. The summed E-state index contributed by atoms with van der Waals surface area (Å²) >= 11 is 0. The molecule has 158 valence electrons. The number of carbonyl (C=O) groups is 2. The lowest BCUT2D eigenvalue weighted by Gasteiger charge is -2.31. The van der Waals surface area contributed by atoms with Crippen molar-refractivity contribution >= 4 is 36.6 Å². The second-order valence-electron chi connectivity index (χ2n) is 7.04. The molecule has 6 nitrogen and oxygen atoms in total. The van der Waals surface area contributed by atoms with Crippen LogP contribution in [-0.2, 0) is 11.2 Å². The first-order valence-electron chi connectivity index (χ1n) is 9.39. The number of nitrogens with zero attached hydrogens (tertiary/aromatic N) is 1. The van der Waals surface area contributed by atoms with E-state index in [1.165, 1.54) is 0 Å². The van der Waals surface area contributed by atoms with Gasteiger partial charge in [-0.25, -0.2) is 0 Å². The Balaban J connectivity index is 0.00000210. The summed E-state index contributed by atoms with van der Waals surface area (Å²) in [5.41, 5.74) is 1.45. The Morgan fingerprint density at radius 1 is 1.17 bits per heavy atom. The molecule has 0 radical (unpaired) electrons. The van der Waals surface area contributed by atoms with E-state index in [0.29, 0.717) is 17.9 Å². The average molecular weight is 439 g/mol. The quantitative estimate of drug-likeness (QED) is 0.646. The zero-order chi connectivity index (χ0) is 19.1. The van der Waals surface area contributed by atoms with Crippen LogP contribution in [0.2, 0.25) is 0 Å². The van der Waals surface area contributed by atoms with Gasteiger partial charge < -0.3 is 16.0 Å². The summed E-state index contributed by atoms with van der Waals surface area (Å²) in [7, 11) is 0. The number of halogens is 2. The zero-order valence-electron chi connectivity index (χ0n) is 16.3. The van der Waals surface area contributed by atoms with Gasteiger partial charge in [-0.3, -0.25) is 14.6 Å². The molecule has 0 spiro atoms. The predicted octanol–water partition coefficient (Wildman–Crippen LogP) is 2.38. The van der Waals surface area contributed by atoms with Gasteiger partial charge in [0.1, 0.15) is 6.04 Å². The fourth-order valence-electron chi connectivity index (χ4n) is 3.31. The van der Waals surface area contributed by atoms with E-state index in [0.717, 1.165) is 25.1 Å². The van der Waals surface area contributed by atoms with Crippen molar-refractivity contribution in [2.75, 3.05) is 13.1 Å². The molecule has 8 heteroatoms. The average Bonchev–Trinajstić information content (AvgIpc) is 2.70. The topological polar surface area (TPSA) is 83.1 Å². The maximum Gasteiger partial charge on any atom is 0.251 e. The van der Waals surface area contributed by atoms with E-state index < -0.39 is 6.04 Å². The predicted molar refractivity (Wildman–Crippen MR) is 119 cm³/mol. The van der Waals surface area contributed by atoms with Crippen molar-refractivity contribution in [1.29, 1.82) is 0 Å². The number of pyridine rings is 1. The molecule has 0 saturated carbocycles. The Hall–Kier alpha value is -2.15. The summed E-state index contributed by atoms with van der Waals surface area (Å²) in [4.78, 5) is 29.7. The van der Waals surface area contributed by atoms with E-state index in [4.69, 9.17) is 0 Å². The number of hydrogen-bond acceptors (Lipinski definition) is 4. The molecule has 0 aliphatic carbocycles. The molecule has 3 unspecified atom stereocenters. The van der Waals surface area contributed by atoms with Crippen molar-refractivity contribution in [3.05, 3.63) is 66.0 Å².